The third-order valence-electron chi connectivity index (χ3n) is 9.22. The highest BCUT2D eigenvalue weighted by Gasteiger charge is 2.51. The third kappa shape index (κ3) is 4.01. The lowest BCUT2D eigenvalue weighted by Gasteiger charge is -2.58. The molecule has 0 aromatic heterocycles. The van der Waals surface area contributed by atoms with E-state index >= 15 is 0 Å². The number of rotatable bonds is 7. The molecule has 0 heteroatoms. The van der Waals surface area contributed by atoms with Gasteiger partial charge in [-0.3, -0.25) is 0 Å². The Labute approximate surface area is 168 Å². The lowest BCUT2D eigenvalue weighted by molar-refractivity contribution is -0.0630. The summed E-state index contributed by atoms with van der Waals surface area (Å²) in [4.78, 5) is 0. The Hall–Kier alpha value is -0.780. The maximum atomic E-state index is 2.42. The van der Waals surface area contributed by atoms with Crippen LogP contribution in [0.2, 0.25) is 0 Å². The molecule has 0 amide bonds. The van der Waals surface area contributed by atoms with Crippen molar-refractivity contribution in [1.29, 1.82) is 0 Å². The minimum Gasteiger partial charge on any atom is -0.0654 e. The van der Waals surface area contributed by atoms with Gasteiger partial charge in [-0.1, -0.05) is 57.4 Å². The molecule has 0 nitrogen and oxygen atoms in total. The average Bonchev–Trinajstić information content (AvgIpc) is 2.75. The van der Waals surface area contributed by atoms with Crippen molar-refractivity contribution in [3.8, 4) is 0 Å². The second-order valence-corrected chi connectivity index (χ2v) is 10.5. The fraction of sp³-hybridized carbons (Fsp3) is 0.778. The first kappa shape index (κ1) is 19.5. The zero-order valence-electron chi connectivity index (χ0n) is 18.1. The molecular weight excluding hydrogens is 324 g/mol. The van der Waals surface area contributed by atoms with Crippen LogP contribution in [0.5, 0.6) is 0 Å². The summed E-state index contributed by atoms with van der Waals surface area (Å²) in [5, 5.41) is 0. The van der Waals surface area contributed by atoms with E-state index in [-0.39, 0.29) is 0 Å². The van der Waals surface area contributed by atoms with Crippen LogP contribution in [0.15, 0.2) is 24.3 Å². The standard InChI is InChI=1S/C27H42/c1-3-5-6-15-26-16-19-27(20-17-26,21-18-26)25-13-11-24(12-14-25)23-9-7-22(4-2)8-10-23/h7-10,24-25H,3-6,11-21H2,1-2H3. The Balaban J connectivity index is 1.31. The van der Waals surface area contributed by atoms with Crippen molar-refractivity contribution in [2.24, 2.45) is 16.7 Å². The minimum atomic E-state index is 0.754. The van der Waals surface area contributed by atoms with Crippen molar-refractivity contribution in [1.82, 2.24) is 0 Å². The van der Waals surface area contributed by atoms with Gasteiger partial charge in [0, 0.05) is 0 Å². The van der Waals surface area contributed by atoms with E-state index in [2.05, 4.69) is 38.1 Å². The van der Waals surface area contributed by atoms with Crippen molar-refractivity contribution in [2.45, 2.75) is 116 Å². The molecule has 5 rings (SSSR count). The molecule has 0 N–H and O–H groups in total. The van der Waals surface area contributed by atoms with Crippen LogP contribution < -0.4 is 0 Å². The highest BCUT2D eigenvalue weighted by atomic mass is 14.6. The first-order valence-electron chi connectivity index (χ1n) is 12.3. The van der Waals surface area contributed by atoms with Crippen molar-refractivity contribution in [3.05, 3.63) is 35.4 Å². The summed E-state index contributed by atoms with van der Waals surface area (Å²) in [7, 11) is 0. The van der Waals surface area contributed by atoms with Gasteiger partial charge in [0.2, 0.25) is 0 Å². The summed E-state index contributed by atoms with van der Waals surface area (Å²) in [6.07, 6.45) is 22.3. The zero-order valence-corrected chi connectivity index (χ0v) is 18.1. The van der Waals surface area contributed by atoms with Crippen molar-refractivity contribution in [2.75, 3.05) is 0 Å². The van der Waals surface area contributed by atoms with Crippen LogP contribution in [0.1, 0.15) is 121 Å². The fourth-order valence-corrected chi connectivity index (χ4v) is 7.09. The minimum absolute atomic E-state index is 0.754. The molecule has 1 aromatic rings. The third-order valence-corrected chi connectivity index (χ3v) is 9.22. The Kier molecular flexibility index (Phi) is 6.00. The summed E-state index contributed by atoms with van der Waals surface area (Å²) < 4.78 is 0. The normalized spacial score (nSPS) is 36.1. The molecule has 4 saturated carbocycles. The number of fused-ring (bicyclic) bond motifs is 3. The predicted molar refractivity (Wildman–Crippen MR) is 117 cm³/mol. The molecule has 4 fully saturated rings. The van der Waals surface area contributed by atoms with Gasteiger partial charge in [0.05, 0.1) is 0 Å². The van der Waals surface area contributed by atoms with Gasteiger partial charge in [-0.2, -0.15) is 0 Å². The van der Waals surface area contributed by atoms with E-state index in [0.29, 0.717) is 0 Å². The quantitative estimate of drug-likeness (QED) is 0.425. The van der Waals surface area contributed by atoms with Gasteiger partial charge in [0.1, 0.15) is 0 Å². The van der Waals surface area contributed by atoms with Crippen LogP contribution in [0.3, 0.4) is 0 Å². The molecule has 27 heavy (non-hydrogen) atoms. The van der Waals surface area contributed by atoms with Gasteiger partial charge in [-0.05, 0) is 111 Å². The van der Waals surface area contributed by atoms with E-state index in [1.54, 1.807) is 44.1 Å². The fourth-order valence-electron chi connectivity index (χ4n) is 7.09. The topological polar surface area (TPSA) is 0 Å². The summed E-state index contributed by atoms with van der Waals surface area (Å²) in [6, 6.07) is 9.57. The lowest BCUT2D eigenvalue weighted by atomic mass is 9.47. The van der Waals surface area contributed by atoms with Gasteiger partial charge in [-0.25, -0.2) is 0 Å². The summed E-state index contributed by atoms with van der Waals surface area (Å²) in [5.74, 6) is 1.88. The highest BCUT2D eigenvalue weighted by molar-refractivity contribution is 5.26. The van der Waals surface area contributed by atoms with E-state index in [1.165, 1.54) is 56.9 Å². The van der Waals surface area contributed by atoms with Crippen molar-refractivity contribution < 1.29 is 0 Å². The molecule has 0 heterocycles. The first-order valence-corrected chi connectivity index (χ1v) is 12.3. The van der Waals surface area contributed by atoms with E-state index < -0.39 is 0 Å². The second kappa shape index (κ2) is 8.30. The van der Waals surface area contributed by atoms with E-state index in [9.17, 15) is 0 Å². The highest BCUT2D eigenvalue weighted by Crippen LogP contribution is 2.63. The number of unbranched alkanes of at least 4 members (excludes halogenated alkanes) is 2. The summed E-state index contributed by atoms with van der Waals surface area (Å²) in [5.41, 5.74) is 4.63. The molecule has 0 saturated heterocycles. The molecule has 2 bridgehead atoms. The molecule has 4 aliphatic rings. The first-order chi connectivity index (χ1) is 13.2. The molecule has 150 valence electrons. The van der Waals surface area contributed by atoms with Crippen molar-refractivity contribution >= 4 is 0 Å². The van der Waals surface area contributed by atoms with Gasteiger partial charge in [-0.15, -0.1) is 0 Å². The SMILES string of the molecule is CCCCCC12CCC(C3CCC(c4ccc(CC)cc4)CC3)(CC1)CC2. The molecule has 0 atom stereocenters. The monoisotopic (exact) mass is 366 g/mol. The van der Waals surface area contributed by atoms with Crippen LogP contribution in [0.4, 0.5) is 0 Å². The predicted octanol–water partition coefficient (Wildman–Crippen LogP) is 8.44. The van der Waals surface area contributed by atoms with Crippen LogP contribution >= 0.6 is 0 Å². The van der Waals surface area contributed by atoms with Crippen LogP contribution in [0.25, 0.3) is 0 Å². The summed E-state index contributed by atoms with van der Waals surface area (Å²) >= 11 is 0. The van der Waals surface area contributed by atoms with Crippen molar-refractivity contribution in [3.63, 3.8) is 0 Å². The maximum absolute atomic E-state index is 2.42. The maximum Gasteiger partial charge on any atom is -0.0162 e. The van der Waals surface area contributed by atoms with Crippen LogP contribution in [0, 0.1) is 16.7 Å². The second-order valence-electron chi connectivity index (χ2n) is 10.5. The Bertz CT molecular complexity index is 562. The van der Waals surface area contributed by atoms with Gasteiger partial charge in [0.15, 0.2) is 0 Å². The molecule has 0 spiro atoms. The van der Waals surface area contributed by atoms with Gasteiger partial charge < -0.3 is 0 Å². The molecule has 1 aromatic carbocycles. The number of benzene rings is 1. The largest absolute Gasteiger partial charge is 0.0654 e. The van der Waals surface area contributed by atoms with Crippen LogP contribution in [-0.4, -0.2) is 0 Å². The van der Waals surface area contributed by atoms with E-state index in [0.717, 1.165) is 29.1 Å². The Morgan fingerprint density at radius 1 is 0.778 bits per heavy atom. The molecule has 4 aliphatic carbocycles. The van der Waals surface area contributed by atoms with Gasteiger partial charge >= 0.3 is 0 Å². The van der Waals surface area contributed by atoms with Crippen LogP contribution in [-0.2, 0) is 6.42 Å². The number of hydrogen-bond donors (Lipinski definition) is 0. The smallest absolute Gasteiger partial charge is 0.0162 e. The lowest BCUT2D eigenvalue weighted by Crippen LogP contribution is -2.46. The summed E-state index contributed by atoms with van der Waals surface area (Å²) in [6.45, 7) is 4.60. The molecule has 0 aliphatic heterocycles. The average molecular weight is 367 g/mol. The van der Waals surface area contributed by atoms with E-state index in [1.807, 2.05) is 0 Å². The van der Waals surface area contributed by atoms with E-state index in [4.69, 9.17) is 0 Å². The molecule has 0 radical (unpaired) electrons. The zero-order chi connectivity index (χ0) is 18.7. The number of aryl methyl sites for hydroxylation is 1. The molecule has 0 unspecified atom stereocenters. The van der Waals surface area contributed by atoms with Gasteiger partial charge in [0.25, 0.3) is 0 Å². The number of hydrogen-bond acceptors (Lipinski definition) is 0. The Morgan fingerprint density at radius 3 is 1.96 bits per heavy atom. The molecular formula is C27H42. The Morgan fingerprint density at radius 2 is 1.41 bits per heavy atom.